The minimum Gasteiger partial charge on any atom is -0.481 e. The Labute approximate surface area is 97.1 Å². The van der Waals surface area contributed by atoms with E-state index in [9.17, 15) is 9.59 Å². The minimum absolute atomic E-state index is 0.0654. The van der Waals surface area contributed by atoms with Crippen molar-refractivity contribution in [1.29, 1.82) is 0 Å². The van der Waals surface area contributed by atoms with Crippen molar-refractivity contribution in [3.63, 3.8) is 0 Å². The molecule has 1 unspecified atom stereocenters. The van der Waals surface area contributed by atoms with Crippen LogP contribution < -0.4 is 0 Å². The average molecular weight is 252 g/mol. The standard InChI is InChI=1S/C9H16O8/c10-7(11)4-2-1-3-6(9(14,15)16)17-5-8(12)13/h6,14-16H,1-5H2,(H,10,11)(H,12,13). The molecule has 0 rings (SSSR count). The Morgan fingerprint density at radius 2 is 1.65 bits per heavy atom. The zero-order valence-corrected chi connectivity index (χ0v) is 9.07. The monoisotopic (exact) mass is 252 g/mol. The molecule has 0 radical (unpaired) electrons. The van der Waals surface area contributed by atoms with Gasteiger partial charge < -0.3 is 30.3 Å². The molecule has 5 N–H and O–H groups in total. The number of rotatable bonds is 9. The number of unbranched alkanes of at least 4 members (excludes halogenated alkanes) is 1. The fourth-order valence-corrected chi connectivity index (χ4v) is 1.17. The number of aliphatic hydroxyl groups is 3. The van der Waals surface area contributed by atoms with Crippen LogP contribution >= 0.6 is 0 Å². The quantitative estimate of drug-likeness (QED) is 0.252. The third kappa shape index (κ3) is 8.57. The lowest BCUT2D eigenvalue weighted by Crippen LogP contribution is -2.44. The average Bonchev–Trinajstić information content (AvgIpc) is 2.13. The SMILES string of the molecule is O=C(O)CCCCC(OCC(=O)O)C(O)(O)O. The molecule has 100 valence electrons. The largest absolute Gasteiger partial charge is 0.481 e. The van der Waals surface area contributed by atoms with Gasteiger partial charge in [-0.15, -0.1) is 0 Å². The van der Waals surface area contributed by atoms with Gasteiger partial charge in [-0.1, -0.05) is 0 Å². The highest BCUT2D eigenvalue weighted by Crippen LogP contribution is 2.15. The molecule has 0 fully saturated rings. The van der Waals surface area contributed by atoms with Gasteiger partial charge in [0.2, 0.25) is 0 Å². The van der Waals surface area contributed by atoms with Crippen LogP contribution in [-0.4, -0.2) is 56.2 Å². The molecule has 0 amide bonds. The highest BCUT2D eigenvalue weighted by atomic mass is 16.7. The summed E-state index contributed by atoms with van der Waals surface area (Å²) in [5.41, 5.74) is 0. The number of ether oxygens (including phenoxy) is 1. The van der Waals surface area contributed by atoms with Crippen LogP contribution in [0.3, 0.4) is 0 Å². The van der Waals surface area contributed by atoms with Gasteiger partial charge in [0, 0.05) is 6.42 Å². The Bertz CT molecular complexity index is 256. The lowest BCUT2D eigenvalue weighted by atomic mass is 10.1. The second kappa shape index (κ2) is 7.17. The molecule has 0 aromatic carbocycles. The van der Waals surface area contributed by atoms with E-state index in [4.69, 9.17) is 25.5 Å². The Morgan fingerprint density at radius 1 is 1.06 bits per heavy atom. The molecule has 0 aliphatic rings. The molecular weight excluding hydrogens is 236 g/mol. The first-order chi connectivity index (χ1) is 7.73. The summed E-state index contributed by atoms with van der Waals surface area (Å²) < 4.78 is 4.58. The van der Waals surface area contributed by atoms with Crippen molar-refractivity contribution in [1.82, 2.24) is 0 Å². The van der Waals surface area contributed by atoms with Gasteiger partial charge in [0.15, 0.2) is 0 Å². The number of hydrogen-bond acceptors (Lipinski definition) is 6. The third-order valence-corrected chi connectivity index (χ3v) is 1.95. The highest BCUT2D eigenvalue weighted by molar-refractivity contribution is 5.68. The molecule has 8 heteroatoms. The van der Waals surface area contributed by atoms with Crippen LogP contribution in [0.5, 0.6) is 0 Å². The van der Waals surface area contributed by atoms with Gasteiger partial charge in [-0.25, -0.2) is 4.79 Å². The number of carbonyl (C=O) groups is 2. The van der Waals surface area contributed by atoms with Crippen LogP contribution in [0.1, 0.15) is 25.7 Å². The van der Waals surface area contributed by atoms with E-state index in [0.717, 1.165) is 0 Å². The van der Waals surface area contributed by atoms with Crippen LogP contribution in [0.2, 0.25) is 0 Å². The van der Waals surface area contributed by atoms with E-state index in [-0.39, 0.29) is 25.7 Å². The summed E-state index contributed by atoms with van der Waals surface area (Å²) in [5.74, 6) is -5.44. The van der Waals surface area contributed by atoms with Crippen LogP contribution in [-0.2, 0) is 14.3 Å². The molecule has 0 aromatic heterocycles. The second-order valence-corrected chi connectivity index (χ2v) is 3.52. The first-order valence-electron chi connectivity index (χ1n) is 4.95. The lowest BCUT2D eigenvalue weighted by molar-refractivity contribution is -0.361. The van der Waals surface area contributed by atoms with E-state index in [1.807, 2.05) is 0 Å². The number of aliphatic carboxylic acids is 2. The topological polar surface area (TPSA) is 145 Å². The van der Waals surface area contributed by atoms with Gasteiger partial charge in [0.05, 0.1) is 0 Å². The lowest BCUT2D eigenvalue weighted by Gasteiger charge is -2.25. The zero-order chi connectivity index (χ0) is 13.5. The van der Waals surface area contributed by atoms with Crippen molar-refractivity contribution < 1.29 is 39.9 Å². The van der Waals surface area contributed by atoms with Crippen molar-refractivity contribution in [3.8, 4) is 0 Å². The Balaban J connectivity index is 4.03. The molecule has 0 heterocycles. The first-order valence-corrected chi connectivity index (χ1v) is 4.95. The maximum atomic E-state index is 10.2. The number of hydrogen-bond donors (Lipinski definition) is 5. The molecular formula is C9H16O8. The van der Waals surface area contributed by atoms with Crippen LogP contribution in [0, 0.1) is 0 Å². The molecule has 0 bridgehead atoms. The first kappa shape index (κ1) is 15.8. The summed E-state index contributed by atoms with van der Waals surface area (Å²) in [4.78, 5) is 20.4. The van der Waals surface area contributed by atoms with Gasteiger partial charge >= 0.3 is 17.9 Å². The van der Waals surface area contributed by atoms with Gasteiger partial charge in [0.25, 0.3) is 0 Å². The van der Waals surface area contributed by atoms with E-state index in [2.05, 4.69) is 4.74 Å². The summed E-state index contributed by atoms with van der Waals surface area (Å²) in [6.07, 6.45) is -1.14. The summed E-state index contributed by atoms with van der Waals surface area (Å²) >= 11 is 0. The fraction of sp³-hybridized carbons (Fsp3) is 0.778. The van der Waals surface area contributed by atoms with Crippen molar-refractivity contribution in [2.75, 3.05) is 6.61 Å². The van der Waals surface area contributed by atoms with E-state index in [1.54, 1.807) is 0 Å². The molecule has 0 spiro atoms. The Hall–Kier alpha value is -1.22. The van der Waals surface area contributed by atoms with Crippen LogP contribution in [0.15, 0.2) is 0 Å². The normalized spacial score (nSPS) is 13.4. The molecule has 0 saturated heterocycles. The zero-order valence-electron chi connectivity index (χ0n) is 9.07. The molecule has 17 heavy (non-hydrogen) atoms. The van der Waals surface area contributed by atoms with E-state index in [0.29, 0.717) is 0 Å². The smallest absolute Gasteiger partial charge is 0.329 e. The van der Waals surface area contributed by atoms with Crippen molar-refractivity contribution in [2.24, 2.45) is 0 Å². The highest BCUT2D eigenvalue weighted by Gasteiger charge is 2.33. The molecule has 0 aliphatic heterocycles. The fourth-order valence-electron chi connectivity index (χ4n) is 1.17. The van der Waals surface area contributed by atoms with Gasteiger partial charge in [-0.3, -0.25) is 4.79 Å². The van der Waals surface area contributed by atoms with Crippen molar-refractivity contribution in [2.45, 2.75) is 37.8 Å². The summed E-state index contributed by atoms with van der Waals surface area (Å²) in [6, 6.07) is 0. The van der Waals surface area contributed by atoms with Crippen molar-refractivity contribution >= 4 is 11.9 Å². The van der Waals surface area contributed by atoms with Gasteiger partial charge in [-0.05, 0) is 19.3 Å². The maximum absolute atomic E-state index is 10.2. The molecule has 0 saturated carbocycles. The number of carboxylic acid groups (broad SMARTS) is 2. The molecule has 1 atom stereocenters. The molecule has 0 aromatic rings. The third-order valence-electron chi connectivity index (χ3n) is 1.95. The Kier molecular flexibility index (Phi) is 6.66. The van der Waals surface area contributed by atoms with Gasteiger partial charge in [-0.2, -0.15) is 0 Å². The van der Waals surface area contributed by atoms with Gasteiger partial charge in [0.1, 0.15) is 12.7 Å². The maximum Gasteiger partial charge on any atom is 0.329 e. The Morgan fingerprint density at radius 3 is 2.06 bits per heavy atom. The predicted octanol–water partition coefficient (Wildman–Crippen LogP) is -1.27. The van der Waals surface area contributed by atoms with Crippen molar-refractivity contribution in [3.05, 3.63) is 0 Å². The van der Waals surface area contributed by atoms with Crippen LogP contribution in [0.25, 0.3) is 0 Å². The molecule has 8 nitrogen and oxygen atoms in total. The second-order valence-electron chi connectivity index (χ2n) is 3.52. The summed E-state index contributed by atoms with van der Waals surface area (Å²) in [7, 11) is 0. The van der Waals surface area contributed by atoms with E-state index in [1.165, 1.54) is 0 Å². The number of carboxylic acids is 2. The minimum atomic E-state index is -3.14. The predicted molar refractivity (Wildman–Crippen MR) is 52.9 cm³/mol. The summed E-state index contributed by atoms with van der Waals surface area (Å²) in [5, 5.41) is 43.3. The van der Waals surface area contributed by atoms with E-state index < -0.39 is 30.6 Å². The molecule has 0 aliphatic carbocycles. The van der Waals surface area contributed by atoms with E-state index >= 15 is 0 Å². The van der Waals surface area contributed by atoms with Crippen LogP contribution in [0.4, 0.5) is 0 Å². The summed E-state index contributed by atoms with van der Waals surface area (Å²) in [6.45, 7) is -0.785.